The molecule has 1 aromatic carbocycles. The number of piperidine rings is 1. The van der Waals surface area contributed by atoms with E-state index in [2.05, 4.69) is 10.6 Å². The number of nitrogens with two attached hydrogens (primary N) is 1. The van der Waals surface area contributed by atoms with Crippen LogP contribution in [-0.2, 0) is 16.0 Å². The van der Waals surface area contributed by atoms with Gasteiger partial charge < -0.3 is 21.1 Å². The number of halogens is 1. The summed E-state index contributed by atoms with van der Waals surface area (Å²) in [5.74, 6) is -0.515. The van der Waals surface area contributed by atoms with Crippen LogP contribution in [0.2, 0.25) is 0 Å². The Kier molecular flexibility index (Phi) is 5.90. The number of hydrogen-bond acceptors (Lipinski definition) is 6. The summed E-state index contributed by atoms with van der Waals surface area (Å²) in [7, 11) is 1.33. The SMILES string of the molecule is COC(=O)c1cc(C)c(-c2ccc(CC(N)NC(=O)C3NC4CCC3C4)c(F)c2)s1. The molecular weight excluding hydrogens is 405 g/mol. The average molecular weight is 432 g/mol. The molecule has 4 rings (SSSR count). The Hall–Kier alpha value is -2.29. The minimum Gasteiger partial charge on any atom is -0.465 e. The number of carbonyl (C=O) groups excluding carboxylic acids is 2. The minimum absolute atomic E-state index is 0.101. The summed E-state index contributed by atoms with van der Waals surface area (Å²) in [6.45, 7) is 1.87. The Bertz CT molecular complexity index is 977. The van der Waals surface area contributed by atoms with Crippen molar-refractivity contribution in [2.45, 2.75) is 50.9 Å². The molecule has 1 amide bonds. The lowest BCUT2D eigenvalue weighted by atomic mass is 9.99. The number of thiophene rings is 1. The molecule has 2 heterocycles. The van der Waals surface area contributed by atoms with Crippen LogP contribution in [0.4, 0.5) is 4.39 Å². The molecule has 4 N–H and O–H groups in total. The largest absolute Gasteiger partial charge is 0.465 e. The molecule has 8 heteroatoms. The Morgan fingerprint density at radius 3 is 2.80 bits per heavy atom. The number of carbonyl (C=O) groups is 2. The van der Waals surface area contributed by atoms with Gasteiger partial charge in [0.2, 0.25) is 5.91 Å². The molecule has 160 valence electrons. The number of nitrogens with one attached hydrogen (secondary N) is 2. The summed E-state index contributed by atoms with van der Waals surface area (Å²) in [4.78, 5) is 25.5. The van der Waals surface area contributed by atoms with E-state index in [0.29, 0.717) is 28.0 Å². The predicted molar refractivity (Wildman–Crippen MR) is 114 cm³/mol. The summed E-state index contributed by atoms with van der Waals surface area (Å²) in [5, 5.41) is 6.16. The molecule has 2 bridgehead atoms. The summed E-state index contributed by atoms with van der Waals surface area (Å²) in [5.41, 5.74) is 8.11. The number of hydrogen-bond donors (Lipinski definition) is 3. The molecule has 2 aliphatic rings. The van der Waals surface area contributed by atoms with Crippen LogP contribution in [0, 0.1) is 18.7 Å². The number of ether oxygens (including phenoxy) is 1. The molecule has 1 aliphatic carbocycles. The maximum absolute atomic E-state index is 14.8. The third-order valence-corrected chi connectivity index (χ3v) is 7.30. The maximum Gasteiger partial charge on any atom is 0.348 e. The number of aryl methyl sites for hydroxylation is 1. The zero-order valence-corrected chi connectivity index (χ0v) is 17.9. The number of amides is 1. The van der Waals surface area contributed by atoms with Gasteiger partial charge in [-0.3, -0.25) is 4.79 Å². The number of rotatable bonds is 6. The molecule has 2 aromatic rings. The van der Waals surface area contributed by atoms with Crippen LogP contribution < -0.4 is 16.4 Å². The van der Waals surface area contributed by atoms with E-state index in [4.69, 9.17) is 10.5 Å². The van der Waals surface area contributed by atoms with Crippen LogP contribution in [-0.4, -0.2) is 37.2 Å². The van der Waals surface area contributed by atoms with Crippen molar-refractivity contribution in [3.05, 3.63) is 46.1 Å². The summed E-state index contributed by atoms with van der Waals surface area (Å²) >= 11 is 1.27. The van der Waals surface area contributed by atoms with Gasteiger partial charge in [0.25, 0.3) is 0 Å². The molecule has 4 atom stereocenters. The van der Waals surface area contributed by atoms with Crippen molar-refractivity contribution >= 4 is 23.2 Å². The Morgan fingerprint density at radius 1 is 1.37 bits per heavy atom. The van der Waals surface area contributed by atoms with E-state index in [1.807, 2.05) is 13.0 Å². The van der Waals surface area contributed by atoms with Gasteiger partial charge in [-0.15, -0.1) is 11.3 Å². The highest BCUT2D eigenvalue weighted by Crippen LogP contribution is 2.35. The Morgan fingerprint density at radius 2 is 2.17 bits per heavy atom. The molecule has 30 heavy (non-hydrogen) atoms. The lowest BCUT2D eigenvalue weighted by Gasteiger charge is -2.24. The molecule has 0 radical (unpaired) electrons. The van der Waals surface area contributed by atoms with Crippen molar-refractivity contribution in [1.29, 1.82) is 0 Å². The van der Waals surface area contributed by atoms with Gasteiger partial charge in [0.1, 0.15) is 10.7 Å². The monoisotopic (exact) mass is 431 g/mol. The second-order valence-electron chi connectivity index (χ2n) is 8.15. The number of methoxy groups -OCH3 is 1. The topological polar surface area (TPSA) is 93.4 Å². The lowest BCUT2D eigenvalue weighted by molar-refractivity contribution is -0.124. The van der Waals surface area contributed by atoms with Gasteiger partial charge in [0, 0.05) is 17.3 Å². The number of fused-ring (bicyclic) bond motifs is 2. The van der Waals surface area contributed by atoms with Gasteiger partial charge in [0.15, 0.2) is 0 Å². The normalized spacial score (nSPS) is 23.4. The van der Waals surface area contributed by atoms with Gasteiger partial charge in [-0.25, -0.2) is 9.18 Å². The van der Waals surface area contributed by atoms with Crippen molar-refractivity contribution in [2.75, 3.05) is 7.11 Å². The van der Waals surface area contributed by atoms with Crippen molar-refractivity contribution in [2.24, 2.45) is 11.7 Å². The molecule has 0 spiro atoms. The van der Waals surface area contributed by atoms with Crippen molar-refractivity contribution in [1.82, 2.24) is 10.6 Å². The molecule has 1 aromatic heterocycles. The third kappa shape index (κ3) is 4.12. The smallest absolute Gasteiger partial charge is 0.348 e. The summed E-state index contributed by atoms with van der Waals surface area (Å²) in [6, 6.07) is 6.93. The quantitative estimate of drug-likeness (QED) is 0.483. The van der Waals surface area contributed by atoms with E-state index in [0.717, 1.165) is 29.7 Å². The van der Waals surface area contributed by atoms with E-state index in [9.17, 15) is 14.0 Å². The first-order valence-electron chi connectivity index (χ1n) is 10.1. The summed E-state index contributed by atoms with van der Waals surface area (Å²) < 4.78 is 19.5. The number of benzene rings is 1. The molecule has 2 fully saturated rings. The van der Waals surface area contributed by atoms with E-state index >= 15 is 0 Å². The standard InChI is InChI=1S/C22H26FN3O3S/c1-11-7-17(22(28)29-2)30-20(11)14-4-3-12(16(23)9-14)10-18(24)26-21(27)19-13-5-6-15(8-13)25-19/h3-4,7,9,13,15,18-19,25H,5-6,8,10,24H2,1-2H3,(H,26,27). The van der Waals surface area contributed by atoms with Gasteiger partial charge in [0.05, 0.1) is 19.3 Å². The molecule has 1 saturated carbocycles. The van der Waals surface area contributed by atoms with Crippen LogP contribution in [0.15, 0.2) is 24.3 Å². The van der Waals surface area contributed by atoms with Gasteiger partial charge >= 0.3 is 5.97 Å². The van der Waals surface area contributed by atoms with Crippen LogP contribution in [0.1, 0.15) is 40.1 Å². The molecule has 4 unspecified atom stereocenters. The van der Waals surface area contributed by atoms with E-state index < -0.39 is 12.1 Å². The minimum atomic E-state index is -0.659. The number of esters is 1. The second kappa shape index (κ2) is 8.45. The van der Waals surface area contributed by atoms with E-state index in [1.165, 1.54) is 24.5 Å². The molecular formula is C22H26FN3O3S. The van der Waals surface area contributed by atoms with Crippen molar-refractivity contribution in [3.8, 4) is 10.4 Å². The van der Waals surface area contributed by atoms with Crippen LogP contribution >= 0.6 is 11.3 Å². The first kappa shape index (κ1) is 21.0. The Labute approximate surface area is 179 Å². The van der Waals surface area contributed by atoms with Crippen LogP contribution in [0.5, 0.6) is 0 Å². The predicted octanol–water partition coefficient (Wildman–Crippen LogP) is 2.73. The third-order valence-electron chi connectivity index (χ3n) is 6.03. The highest BCUT2D eigenvalue weighted by Gasteiger charge is 2.42. The molecule has 1 saturated heterocycles. The first-order valence-corrected chi connectivity index (χ1v) is 11.0. The fourth-order valence-corrected chi connectivity index (χ4v) is 5.62. The fourth-order valence-electron chi connectivity index (χ4n) is 4.53. The van der Waals surface area contributed by atoms with Crippen molar-refractivity contribution < 1.29 is 18.7 Å². The van der Waals surface area contributed by atoms with E-state index in [1.54, 1.807) is 12.1 Å². The highest BCUT2D eigenvalue weighted by atomic mass is 32.1. The van der Waals surface area contributed by atoms with Crippen molar-refractivity contribution in [3.63, 3.8) is 0 Å². The fraction of sp³-hybridized carbons (Fsp3) is 0.455. The second-order valence-corrected chi connectivity index (χ2v) is 9.21. The van der Waals surface area contributed by atoms with Gasteiger partial charge in [-0.2, -0.15) is 0 Å². The molecule has 6 nitrogen and oxygen atoms in total. The lowest BCUT2D eigenvalue weighted by Crippen LogP contribution is -2.53. The first-order chi connectivity index (χ1) is 14.4. The molecule has 1 aliphatic heterocycles. The zero-order chi connectivity index (χ0) is 21.4. The van der Waals surface area contributed by atoms with E-state index in [-0.39, 0.29) is 24.2 Å². The van der Waals surface area contributed by atoms with Crippen LogP contribution in [0.3, 0.4) is 0 Å². The maximum atomic E-state index is 14.8. The highest BCUT2D eigenvalue weighted by molar-refractivity contribution is 7.17. The van der Waals surface area contributed by atoms with Crippen LogP contribution in [0.25, 0.3) is 10.4 Å². The average Bonchev–Trinajstić information content (AvgIpc) is 3.44. The zero-order valence-electron chi connectivity index (χ0n) is 17.0. The van der Waals surface area contributed by atoms with Gasteiger partial charge in [-0.1, -0.05) is 12.1 Å². The summed E-state index contributed by atoms with van der Waals surface area (Å²) in [6.07, 6.45) is 2.79. The van der Waals surface area contributed by atoms with Gasteiger partial charge in [-0.05, 0) is 60.9 Å². The Balaban J connectivity index is 1.41.